The van der Waals surface area contributed by atoms with Crippen LogP contribution in [0.1, 0.15) is 11.1 Å². The summed E-state index contributed by atoms with van der Waals surface area (Å²) in [4.78, 5) is 0. The average molecular weight is 320 g/mol. The lowest BCUT2D eigenvalue weighted by Gasteiger charge is -2.07. The summed E-state index contributed by atoms with van der Waals surface area (Å²) >= 11 is 3.55. The summed E-state index contributed by atoms with van der Waals surface area (Å²) in [5, 5.41) is 3.42. The summed E-state index contributed by atoms with van der Waals surface area (Å²) < 4.78 is 11.8. The van der Waals surface area contributed by atoms with Crippen LogP contribution in [0.4, 0.5) is 0 Å². The fourth-order valence-corrected chi connectivity index (χ4v) is 2.46. The van der Waals surface area contributed by atoms with Gasteiger partial charge in [-0.3, -0.25) is 0 Å². The van der Waals surface area contributed by atoms with E-state index in [4.69, 9.17) is 9.47 Å². The first-order chi connectivity index (χ1) is 9.33. The van der Waals surface area contributed by atoms with Gasteiger partial charge in [-0.15, -0.1) is 0 Å². The standard InChI is InChI=1S/C15H14BrNO2/c16-13-4-2-1-3-12(13)9-17-8-11-5-6-14-15(7-11)19-10-18-14/h1-7,17H,8-10H2. The van der Waals surface area contributed by atoms with Gasteiger partial charge in [0.15, 0.2) is 11.5 Å². The molecule has 0 fully saturated rings. The Kier molecular flexibility index (Phi) is 3.71. The molecule has 0 saturated carbocycles. The Morgan fingerprint density at radius 1 is 1.00 bits per heavy atom. The first-order valence-electron chi connectivity index (χ1n) is 6.15. The van der Waals surface area contributed by atoms with Crippen molar-refractivity contribution in [3.8, 4) is 11.5 Å². The van der Waals surface area contributed by atoms with Gasteiger partial charge in [0.05, 0.1) is 0 Å². The maximum absolute atomic E-state index is 5.37. The molecule has 98 valence electrons. The van der Waals surface area contributed by atoms with Gasteiger partial charge in [0, 0.05) is 17.6 Å². The molecular weight excluding hydrogens is 306 g/mol. The highest BCUT2D eigenvalue weighted by Gasteiger charge is 2.12. The van der Waals surface area contributed by atoms with E-state index in [1.165, 1.54) is 11.1 Å². The van der Waals surface area contributed by atoms with E-state index in [0.717, 1.165) is 29.1 Å². The SMILES string of the molecule is Brc1ccccc1CNCc1ccc2c(c1)OCO2. The monoisotopic (exact) mass is 319 g/mol. The van der Waals surface area contributed by atoms with E-state index in [1.807, 2.05) is 24.3 Å². The minimum absolute atomic E-state index is 0.323. The molecule has 2 aromatic rings. The molecule has 0 bridgehead atoms. The van der Waals surface area contributed by atoms with Gasteiger partial charge in [0.1, 0.15) is 0 Å². The number of fused-ring (bicyclic) bond motifs is 1. The number of hydrogen-bond donors (Lipinski definition) is 1. The lowest BCUT2D eigenvalue weighted by atomic mass is 10.2. The van der Waals surface area contributed by atoms with Gasteiger partial charge in [-0.2, -0.15) is 0 Å². The van der Waals surface area contributed by atoms with Gasteiger partial charge in [0.2, 0.25) is 6.79 Å². The van der Waals surface area contributed by atoms with Crippen LogP contribution in [0.25, 0.3) is 0 Å². The Hall–Kier alpha value is -1.52. The third-order valence-electron chi connectivity index (χ3n) is 3.04. The van der Waals surface area contributed by atoms with E-state index >= 15 is 0 Å². The highest BCUT2D eigenvalue weighted by molar-refractivity contribution is 9.10. The van der Waals surface area contributed by atoms with Crippen LogP contribution >= 0.6 is 15.9 Å². The van der Waals surface area contributed by atoms with Gasteiger partial charge in [-0.25, -0.2) is 0 Å². The number of benzene rings is 2. The maximum atomic E-state index is 5.37. The van der Waals surface area contributed by atoms with Crippen LogP contribution in [-0.2, 0) is 13.1 Å². The van der Waals surface area contributed by atoms with Gasteiger partial charge < -0.3 is 14.8 Å². The first kappa shape index (κ1) is 12.5. The van der Waals surface area contributed by atoms with E-state index in [1.54, 1.807) is 0 Å². The van der Waals surface area contributed by atoms with Crippen LogP contribution in [0.3, 0.4) is 0 Å². The average Bonchev–Trinajstić information content (AvgIpc) is 2.88. The molecule has 3 nitrogen and oxygen atoms in total. The zero-order valence-corrected chi connectivity index (χ0v) is 11.9. The summed E-state index contributed by atoms with van der Waals surface area (Å²) in [5.41, 5.74) is 2.44. The Morgan fingerprint density at radius 3 is 2.74 bits per heavy atom. The van der Waals surface area contributed by atoms with Crippen LogP contribution in [-0.4, -0.2) is 6.79 Å². The molecule has 19 heavy (non-hydrogen) atoms. The molecule has 1 N–H and O–H groups in total. The van der Waals surface area contributed by atoms with E-state index in [-0.39, 0.29) is 0 Å². The van der Waals surface area contributed by atoms with Crippen LogP contribution < -0.4 is 14.8 Å². The van der Waals surface area contributed by atoms with Crippen molar-refractivity contribution in [1.82, 2.24) is 5.32 Å². The molecule has 1 aliphatic rings. The van der Waals surface area contributed by atoms with Gasteiger partial charge in [0.25, 0.3) is 0 Å². The molecule has 0 amide bonds. The molecule has 0 aromatic heterocycles. The largest absolute Gasteiger partial charge is 0.454 e. The van der Waals surface area contributed by atoms with Crippen LogP contribution in [0.2, 0.25) is 0 Å². The molecule has 1 aliphatic heterocycles. The molecular formula is C15H14BrNO2. The number of nitrogens with one attached hydrogen (secondary N) is 1. The Morgan fingerprint density at radius 2 is 1.84 bits per heavy atom. The van der Waals surface area contributed by atoms with Crippen molar-refractivity contribution in [2.75, 3.05) is 6.79 Å². The fraction of sp³-hybridized carbons (Fsp3) is 0.200. The van der Waals surface area contributed by atoms with E-state index in [0.29, 0.717) is 6.79 Å². The minimum atomic E-state index is 0.323. The second kappa shape index (κ2) is 5.63. The summed E-state index contributed by atoms with van der Waals surface area (Å²) in [6.45, 7) is 1.96. The van der Waals surface area contributed by atoms with E-state index in [9.17, 15) is 0 Å². The van der Waals surface area contributed by atoms with Crippen LogP contribution in [0.5, 0.6) is 11.5 Å². The molecule has 1 heterocycles. The maximum Gasteiger partial charge on any atom is 0.231 e. The first-order valence-corrected chi connectivity index (χ1v) is 6.95. The van der Waals surface area contributed by atoms with Crippen molar-refractivity contribution in [2.45, 2.75) is 13.1 Å². The van der Waals surface area contributed by atoms with E-state index in [2.05, 4.69) is 39.4 Å². The Bertz CT molecular complexity index is 586. The smallest absolute Gasteiger partial charge is 0.231 e. The molecule has 0 spiro atoms. The lowest BCUT2D eigenvalue weighted by Crippen LogP contribution is -2.12. The second-order valence-corrected chi connectivity index (χ2v) is 5.24. The van der Waals surface area contributed by atoms with Crippen LogP contribution in [0, 0.1) is 0 Å². The highest BCUT2D eigenvalue weighted by atomic mass is 79.9. The number of ether oxygens (including phenoxy) is 2. The molecule has 3 rings (SSSR count). The van der Waals surface area contributed by atoms with Crippen molar-refractivity contribution in [2.24, 2.45) is 0 Å². The third-order valence-corrected chi connectivity index (χ3v) is 3.81. The third kappa shape index (κ3) is 2.91. The molecule has 4 heteroatoms. The zero-order valence-electron chi connectivity index (χ0n) is 10.4. The highest BCUT2D eigenvalue weighted by Crippen LogP contribution is 2.32. The predicted octanol–water partition coefficient (Wildman–Crippen LogP) is 3.47. The number of rotatable bonds is 4. The summed E-state index contributed by atoms with van der Waals surface area (Å²) in [6, 6.07) is 14.3. The summed E-state index contributed by atoms with van der Waals surface area (Å²) in [5.74, 6) is 1.66. The number of hydrogen-bond acceptors (Lipinski definition) is 3. The van der Waals surface area contributed by atoms with E-state index < -0.39 is 0 Å². The second-order valence-electron chi connectivity index (χ2n) is 4.38. The molecule has 0 unspecified atom stereocenters. The van der Waals surface area contributed by atoms with Crippen molar-refractivity contribution in [1.29, 1.82) is 0 Å². The quantitative estimate of drug-likeness (QED) is 0.936. The van der Waals surface area contributed by atoms with Crippen molar-refractivity contribution in [3.05, 3.63) is 58.1 Å². The number of halogens is 1. The Balaban J connectivity index is 1.59. The summed E-state index contributed by atoms with van der Waals surface area (Å²) in [6.07, 6.45) is 0. The van der Waals surface area contributed by atoms with Crippen molar-refractivity contribution < 1.29 is 9.47 Å². The predicted molar refractivity (Wildman–Crippen MR) is 77.3 cm³/mol. The van der Waals surface area contributed by atoms with Crippen LogP contribution in [0.15, 0.2) is 46.9 Å². The fourth-order valence-electron chi connectivity index (χ4n) is 2.03. The normalized spacial score (nSPS) is 12.7. The van der Waals surface area contributed by atoms with Crippen molar-refractivity contribution >= 4 is 15.9 Å². The van der Waals surface area contributed by atoms with Gasteiger partial charge in [-0.05, 0) is 29.3 Å². The molecule has 2 aromatic carbocycles. The molecule has 0 radical (unpaired) electrons. The topological polar surface area (TPSA) is 30.5 Å². The molecule has 0 saturated heterocycles. The van der Waals surface area contributed by atoms with Gasteiger partial charge >= 0.3 is 0 Å². The summed E-state index contributed by atoms with van der Waals surface area (Å²) in [7, 11) is 0. The molecule has 0 aliphatic carbocycles. The lowest BCUT2D eigenvalue weighted by molar-refractivity contribution is 0.174. The Labute approximate surface area is 120 Å². The minimum Gasteiger partial charge on any atom is -0.454 e. The molecule has 0 atom stereocenters. The zero-order chi connectivity index (χ0) is 13.1. The van der Waals surface area contributed by atoms with Crippen molar-refractivity contribution in [3.63, 3.8) is 0 Å². The van der Waals surface area contributed by atoms with Gasteiger partial charge in [-0.1, -0.05) is 40.2 Å².